The van der Waals surface area contributed by atoms with Gasteiger partial charge in [0.25, 0.3) is 0 Å². The summed E-state index contributed by atoms with van der Waals surface area (Å²) in [4.78, 5) is 14.7. The van der Waals surface area contributed by atoms with E-state index in [1.165, 1.54) is 18.5 Å². The van der Waals surface area contributed by atoms with Crippen molar-refractivity contribution in [1.29, 1.82) is 0 Å². The molecule has 0 spiro atoms. The summed E-state index contributed by atoms with van der Waals surface area (Å²) in [6.07, 6.45) is 2.42. The Bertz CT molecular complexity index is 1020. The monoisotopic (exact) mass is 389 g/mol. The highest BCUT2D eigenvalue weighted by atomic mass is 16.5. The van der Waals surface area contributed by atoms with Crippen molar-refractivity contribution in [1.82, 2.24) is 9.97 Å². The zero-order valence-electron chi connectivity index (χ0n) is 17.1. The largest absolute Gasteiger partial charge is 0.495 e. The summed E-state index contributed by atoms with van der Waals surface area (Å²) in [7, 11) is 3.69. The number of piperazine rings is 1. The second-order valence-electron chi connectivity index (χ2n) is 7.81. The predicted molar refractivity (Wildman–Crippen MR) is 118 cm³/mol. The normalized spacial score (nSPS) is 16.9. The van der Waals surface area contributed by atoms with E-state index in [0.717, 1.165) is 60.2 Å². The highest BCUT2D eigenvalue weighted by Gasteiger charge is 2.29. The summed E-state index contributed by atoms with van der Waals surface area (Å²) in [6.45, 7) is 3.74. The van der Waals surface area contributed by atoms with E-state index in [4.69, 9.17) is 14.7 Å². The highest BCUT2D eigenvalue weighted by Crippen LogP contribution is 2.40. The minimum absolute atomic E-state index is 0.539. The van der Waals surface area contributed by atoms with Gasteiger partial charge in [0.15, 0.2) is 0 Å². The highest BCUT2D eigenvalue weighted by molar-refractivity contribution is 5.92. The number of rotatable bonds is 5. The van der Waals surface area contributed by atoms with Crippen molar-refractivity contribution in [2.45, 2.75) is 18.8 Å². The molecule has 1 aromatic heterocycles. The van der Waals surface area contributed by atoms with E-state index >= 15 is 0 Å². The topological polar surface area (TPSA) is 53.5 Å². The van der Waals surface area contributed by atoms with Crippen LogP contribution in [0.1, 0.15) is 24.6 Å². The number of fused-ring (bicyclic) bond motifs is 1. The van der Waals surface area contributed by atoms with E-state index in [1.807, 2.05) is 19.2 Å². The first kappa shape index (κ1) is 18.0. The lowest BCUT2D eigenvalue weighted by atomic mass is 10.1. The molecule has 1 saturated carbocycles. The van der Waals surface area contributed by atoms with Crippen LogP contribution in [0.4, 0.5) is 17.2 Å². The van der Waals surface area contributed by atoms with Gasteiger partial charge >= 0.3 is 0 Å². The van der Waals surface area contributed by atoms with Gasteiger partial charge in [-0.3, -0.25) is 0 Å². The Kier molecular flexibility index (Phi) is 4.62. The third kappa shape index (κ3) is 3.43. The van der Waals surface area contributed by atoms with E-state index in [1.54, 1.807) is 7.11 Å². The van der Waals surface area contributed by atoms with Crippen molar-refractivity contribution in [2.24, 2.45) is 0 Å². The summed E-state index contributed by atoms with van der Waals surface area (Å²) in [6, 6.07) is 14.6. The van der Waals surface area contributed by atoms with E-state index in [2.05, 4.69) is 45.4 Å². The lowest BCUT2D eigenvalue weighted by Crippen LogP contribution is -2.47. The molecule has 2 fully saturated rings. The SMILES string of the molecule is CNc1ccc2nc(C3CC3)nc(N3CCN(c4ccccc4OC)CC3)c2c1. The molecule has 0 unspecified atom stereocenters. The molecule has 2 aliphatic rings. The molecule has 150 valence electrons. The van der Waals surface area contributed by atoms with Gasteiger partial charge in [0.1, 0.15) is 17.4 Å². The van der Waals surface area contributed by atoms with Crippen LogP contribution in [0.15, 0.2) is 42.5 Å². The average Bonchev–Trinajstić information content (AvgIpc) is 3.63. The fraction of sp³-hybridized carbons (Fsp3) is 0.391. The number of ether oxygens (including phenoxy) is 1. The number of anilines is 3. The second kappa shape index (κ2) is 7.43. The Morgan fingerprint density at radius 1 is 0.966 bits per heavy atom. The fourth-order valence-corrected chi connectivity index (χ4v) is 4.10. The Labute approximate surface area is 171 Å². The molecule has 0 bridgehead atoms. The molecule has 6 nitrogen and oxygen atoms in total. The molecule has 5 rings (SSSR count). The van der Waals surface area contributed by atoms with Crippen LogP contribution in [0, 0.1) is 0 Å². The number of para-hydroxylation sites is 2. The van der Waals surface area contributed by atoms with Gasteiger partial charge in [0.05, 0.1) is 18.3 Å². The van der Waals surface area contributed by atoms with E-state index in [0.29, 0.717) is 5.92 Å². The van der Waals surface area contributed by atoms with Crippen molar-refractivity contribution < 1.29 is 4.74 Å². The van der Waals surface area contributed by atoms with Crippen molar-refractivity contribution in [3.63, 3.8) is 0 Å². The molecular formula is C23H27N5O. The predicted octanol–water partition coefficient (Wildman–Crippen LogP) is 3.88. The van der Waals surface area contributed by atoms with Gasteiger partial charge in [-0.2, -0.15) is 0 Å². The number of benzene rings is 2. The third-order valence-corrected chi connectivity index (χ3v) is 5.93. The smallest absolute Gasteiger partial charge is 0.142 e. The van der Waals surface area contributed by atoms with Crippen LogP contribution in [-0.4, -0.2) is 50.3 Å². The first-order chi connectivity index (χ1) is 14.3. The Morgan fingerprint density at radius 3 is 2.45 bits per heavy atom. The van der Waals surface area contributed by atoms with E-state index in [9.17, 15) is 0 Å². The minimum atomic E-state index is 0.539. The molecule has 1 aliphatic heterocycles. The third-order valence-electron chi connectivity index (χ3n) is 5.93. The Hall–Kier alpha value is -3.02. The van der Waals surface area contributed by atoms with Gasteiger partial charge in [-0.25, -0.2) is 9.97 Å². The van der Waals surface area contributed by atoms with Gasteiger partial charge in [-0.15, -0.1) is 0 Å². The zero-order valence-corrected chi connectivity index (χ0v) is 17.1. The Balaban J connectivity index is 1.45. The maximum absolute atomic E-state index is 5.56. The van der Waals surface area contributed by atoms with Crippen molar-refractivity contribution >= 4 is 28.1 Å². The first-order valence-electron chi connectivity index (χ1n) is 10.4. The van der Waals surface area contributed by atoms with Gasteiger partial charge in [0, 0.05) is 50.2 Å². The number of aromatic nitrogens is 2. The molecule has 2 heterocycles. The molecule has 3 aromatic rings. The van der Waals surface area contributed by atoms with Crippen LogP contribution in [0.5, 0.6) is 5.75 Å². The van der Waals surface area contributed by atoms with E-state index < -0.39 is 0 Å². The quantitative estimate of drug-likeness (QED) is 0.715. The molecule has 0 atom stereocenters. The molecule has 0 amide bonds. The molecular weight excluding hydrogens is 362 g/mol. The van der Waals surface area contributed by atoms with Crippen molar-refractivity contribution in [3.05, 3.63) is 48.3 Å². The van der Waals surface area contributed by atoms with Gasteiger partial charge < -0.3 is 19.9 Å². The lowest BCUT2D eigenvalue weighted by molar-refractivity contribution is 0.413. The molecule has 1 saturated heterocycles. The van der Waals surface area contributed by atoms with Crippen LogP contribution in [0.2, 0.25) is 0 Å². The van der Waals surface area contributed by atoms with E-state index in [-0.39, 0.29) is 0 Å². The summed E-state index contributed by atoms with van der Waals surface area (Å²) in [5, 5.41) is 4.38. The number of nitrogens with one attached hydrogen (secondary N) is 1. The number of nitrogens with zero attached hydrogens (tertiary/aromatic N) is 4. The number of hydrogen-bond acceptors (Lipinski definition) is 6. The standard InChI is InChI=1S/C23H27N5O/c1-24-17-9-10-19-18(15-17)23(26-22(25-19)16-7-8-16)28-13-11-27(12-14-28)20-5-3-4-6-21(20)29-2/h3-6,9-10,15-16,24H,7-8,11-14H2,1-2H3. The summed E-state index contributed by atoms with van der Waals surface area (Å²) < 4.78 is 5.56. The maximum Gasteiger partial charge on any atom is 0.142 e. The van der Waals surface area contributed by atoms with Gasteiger partial charge in [0.2, 0.25) is 0 Å². The lowest BCUT2D eigenvalue weighted by Gasteiger charge is -2.37. The average molecular weight is 390 g/mol. The summed E-state index contributed by atoms with van der Waals surface area (Å²) in [5.41, 5.74) is 3.30. The first-order valence-corrected chi connectivity index (χ1v) is 10.4. The molecule has 1 N–H and O–H groups in total. The van der Waals surface area contributed by atoms with Crippen LogP contribution in [0.25, 0.3) is 10.9 Å². The molecule has 2 aromatic carbocycles. The Morgan fingerprint density at radius 2 is 1.72 bits per heavy atom. The number of methoxy groups -OCH3 is 1. The van der Waals surface area contributed by atoms with Gasteiger partial charge in [-0.1, -0.05) is 12.1 Å². The fourth-order valence-electron chi connectivity index (χ4n) is 4.10. The number of hydrogen-bond donors (Lipinski definition) is 1. The minimum Gasteiger partial charge on any atom is -0.495 e. The van der Waals surface area contributed by atoms with Crippen LogP contribution in [-0.2, 0) is 0 Å². The van der Waals surface area contributed by atoms with Crippen LogP contribution < -0.4 is 19.9 Å². The molecule has 6 heteroatoms. The zero-order chi connectivity index (χ0) is 19.8. The van der Waals surface area contributed by atoms with Crippen LogP contribution in [0.3, 0.4) is 0 Å². The summed E-state index contributed by atoms with van der Waals surface area (Å²) >= 11 is 0. The molecule has 0 radical (unpaired) electrons. The second-order valence-corrected chi connectivity index (χ2v) is 7.81. The van der Waals surface area contributed by atoms with Crippen molar-refractivity contribution in [2.75, 3.05) is 55.5 Å². The molecule has 29 heavy (non-hydrogen) atoms. The van der Waals surface area contributed by atoms with Gasteiger partial charge in [-0.05, 0) is 43.2 Å². The molecule has 1 aliphatic carbocycles. The van der Waals surface area contributed by atoms with Crippen LogP contribution >= 0.6 is 0 Å². The maximum atomic E-state index is 5.56. The summed E-state index contributed by atoms with van der Waals surface area (Å²) in [5.74, 6) is 3.56. The van der Waals surface area contributed by atoms with Crippen molar-refractivity contribution in [3.8, 4) is 5.75 Å².